The van der Waals surface area contributed by atoms with Crippen LogP contribution >= 0.6 is 11.8 Å². The smallest absolute Gasteiger partial charge is 0.228 e. The predicted molar refractivity (Wildman–Crippen MR) is 104 cm³/mol. The molecular weight excluding hydrogens is 397 g/mol. The van der Waals surface area contributed by atoms with Gasteiger partial charge in [-0.25, -0.2) is 12.8 Å². The largest absolute Gasteiger partial charge is 0.428 e. The monoisotopic (exact) mass is 411 g/mol. The van der Waals surface area contributed by atoms with E-state index in [2.05, 4.69) is 4.98 Å². The van der Waals surface area contributed by atoms with E-state index >= 15 is 0 Å². The quantitative estimate of drug-likeness (QED) is 0.408. The third-order valence-corrected chi connectivity index (χ3v) is 6.70. The number of benzene rings is 3. The summed E-state index contributed by atoms with van der Waals surface area (Å²) >= 11 is 1.17. The molecule has 0 atom stereocenters. The molecule has 140 valence electrons. The Hall–Kier alpha value is -2.90. The molecule has 0 radical (unpaired) electrons. The van der Waals surface area contributed by atoms with Crippen molar-refractivity contribution in [3.8, 4) is 11.5 Å². The van der Waals surface area contributed by atoms with Crippen LogP contribution in [0.4, 0.5) is 4.39 Å². The maximum atomic E-state index is 13.2. The van der Waals surface area contributed by atoms with Crippen molar-refractivity contribution in [2.45, 2.75) is 19.9 Å². The maximum absolute atomic E-state index is 13.2. The minimum atomic E-state index is -3.99. The number of hydrogen-bond donors (Lipinski definition) is 0. The standard InChI is InChI=1S/C21H14FNO3S2/c22-16-11-13-18(14-12-16)28(24,25)20-21(27-17-9-5-2-6-10-17)26-19(23-20)15-7-3-1-4-8-15/h1-14H. The average molecular weight is 411 g/mol. The van der Waals surface area contributed by atoms with Crippen molar-refractivity contribution in [1.82, 2.24) is 4.98 Å². The van der Waals surface area contributed by atoms with Crippen LogP contribution in [0.1, 0.15) is 0 Å². The third-order valence-electron chi connectivity index (χ3n) is 3.92. The van der Waals surface area contributed by atoms with E-state index in [1.165, 1.54) is 23.9 Å². The lowest BCUT2D eigenvalue weighted by molar-refractivity contribution is 0.470. The van der Waals surface area contributed by atoms with Crippen LogP contribution in [0, 0.1) is 5.82 Å². The topological polar surface area (TPSA) is 60.2 Å². The number of hydrogen-bond acceptors (Lipinski definition) is 5. The highest BCUT2D eigenvalue weighted by molar-refractivity contribution is 8.00. The zero-order chi connectivity index (χ0) is 19.6. The van der Waals surface area contributed by atoms with Gasteiger partial charge in [0.2, 0.25) is 25.8 Å². The molecule has 0 spiro atoms. The molecule has 3 aromatic carbocycles. The molecule has 4 nitrogen and oxygen atoms in total. The van der Waals surface area contributed by atoms with Gasteiger partial charge in [0.1, 0.15) is 5.82 Å². The first-order valence-electron chi connectivity index (χ1n) is 8.34. The average Bonchev–Trinajstić information content (AvgIpc) is 3.14. The van der Waals surface area contributed by atoms with Crippen LogP contribution in [-0.4, -0.2) is 13.4 Å². The molecule has 1 heterocycles. The molecule has 0 amide bonds. The van der Waals surface area contributed by atoms with Gasteiger partial charge in [-0.15, -0.1) is 0 Å². The van der Waals surface area contributed by atoms with Crippen LogP contribution in [0.15, 0.2) is 109 Å². The fourth-order valence-corrected chi connectivity index (χ4v) is 4.95. The highest BCUT2D eigenvalue weighted by Gasteiger charge is 2.29. The summed E-state index contributed by atoms with van der Waals surface area (Å²) in [4.78, 5) is 5.05. The lowest BCUT2D eigenvalue weighted by Crippen LogP contribution is -2.04. The van der Waals surface area contributed by atoms with Gasteiger partial charge in [-0.05, 0) is 60.3 Å². The Morgan fingerprint density at radius 2 is 1.43 bits per heavy atom. The summed E-state index contributed by atoms with van der Waals surface area (Å²) in [6, 6.07) is 23.0. The molecule has 0 N–H and O–H groups in total. The summed E-state index contributed by atoms with van der Waals surface area (Å²) < 4.78 is 45.4. The molecule has 1 aromatic heterocycles. The van der Waals surface area contributed by atoms with Gasteiger partial charge in [-0.3, -0.25) is 0 Å². The molecule has 0 saturated carbocycles. The third kappa shape index (κ3) is 3.72. The molecule has 0 fully saturated rings. The van der Waals surface area contributed by atoms with Gasteiger partial charge in [0.05, 0.1) is 4.90 Å². The van der Waals surface area contributed by atoms with Crippen molar-refractivity contribution in [2.75, 3.05) is 0 Å². The van der Waals surface area contributed by atoms with Gasteiger partial charge < -0.3 is 4.42 Å². The normalized spacial score (nSPS) is 11.5. The number of sulfone groups is 1. The van der Waals surface area contributed by atoms with Crippen LogP contribution in [0.2, 0.25) is 0 Å². The van der Waals surface area contributed by atoms with E-state index in [1.54, 1.807) is 12.1 Å². The van der Waals surface area contributed by atoms with Crippen molar-refractivity contribution in [3.63, 3.8) is 0 Å². The Balaban J connectivity index is 1.84. The summed E-state index contributed by atoms with van der Waals surface area (Å²) in [7, 11) is -3.99. The van der Waals surface area contributed by atoms with E-state index in [0.717, 1.165) is 17.0 Å². The van der Waals surface area contributed by atoms with E-state index in [0.29, 0.717) is 5.56 Å². The molecule has 0 saturated heterocycles. The second kappa shape index (κ2) is 7.61. The first kappa shape index (κ1) is 18.5. The Bertz CT molecular complexity index is 1190. The first-order valence-corrected chi connectivity index (χ1v) is 10.6. The maximum Gasteiger partial charge on any atom is 0.228 e. The van der Waals surface area contributed by atoms with Crippen molar-refractivity contribution < 1.29 is 17.2 Å². The second-order valence-corrected chi connectivity index (χ2v) is 8.76. The van der Waals surface area contributed by atoms with Gasteiger partial charge in [0, 0.05) is 10.5 Å². The summed E-state index contributed by atoms with van der Waals surface area (Å²) in [6.07, 6.45) is 0. The summed E-state index contributed by atoms with van der Waals surface area (Å²) in [6.45, 7) is 0. The fraction of sp³-hybridized carbons (Fsp3) is 0. The highest BCUT2D eigenvalue weighted by Crippen LogP contribution is 2.38. The Morgan fingerprint density at radius 1 is 0.821 bits per heavy atom. The van der Waals surface area contributed by atoms with Crippen molar-refractivity contribution in [2.24, 2.45) is 0 Å². The molecule has 4 rings (SSSR count). The first-order chi connectivity index (χ1) is 13.5. The fourth-order valence-electron chi connectivity index (χ4n) is 2.55. The van der Waals surface area contributed by atoms with E-state index in [4.69, 9.17) is 4.42 Å². The van der Waals surface area contributed by atoms with Crippen LogP contribution in [-0.2, 0) is 9.84 Å². The van der Waals surface area contributed by atoms with Crippen LogP contribution in [0.3, 0.4) is 0 Å². The molecule has 0 aliphatic rings. The Kier molecular flexibility index (Phi) is 5.02. The van der Waals surface area contributed by atoms with Crippen molar-refractivity contribution in [3.05, 3.63) is 90.7 Å². The summed E-state index contributed by atoms with van der Waals surface area (Å²) in [5.74, 6) is -0.303. The molecule has 0 aliphatic heterocycles. The highest BCUT2D eigenvalue weighted by atomic mass is 32.2. The van der Waals surface area contributed by atoms with Crippen molar-refractivity contribution in [1.29, 1.82) is 0 Å². The minimum Gasteiger partial charge on any atom is -0.428 e. The van der Waals surface area contributed by atoms with E-state index < -0.39 is 15.7 Å². The van der Waals surface area contributed by atoms with Gasteiger partial charge in [-0.2, -0.15) is 4.98 Å². The summed E-state index contributed by atoms with van der Waals surface area (Å²) in [5.41, 5.74) is 0.665. The molecule has 0 bridgehead atoms. The molecule has 28 heavy (non-hydrogen) atoms. The molecular formula is C21H14FNO3S2. The lowest BCUT2D eigenvalue weighted by atomic mass is 10.2. The number of halogens is 1. The molecule has 7 heteroatoms. The van der Waals surface area contributed by atoms with Crippen LogP contribution < -0.4 is 0 Å². The van der Waals surface area contributed by atoms with E-state index in [9.17, 15) is 12.8 Å². The zero-order valence-corrected chi connectivity index (χ0v) is 16.1. The number of nitrogens with zero attached hydrogens (tertiary/aromatic N) is 1. The molecule has 4 aromatic rings. The van der Waals surface area contributed by atoms with Gasteiger partial charge in [0.15, 0.2) is 0 Å². The lowest BCUT2D eigenvalue weighted by Gasteiger charge is -2.03. The van der Waals surface area contributed by atoms with Crippen LogP contribution in [0.5, 0.6) is 0 Å². The van der Waals surface area contributed by atoms with E-state index in [-0.39, 0.29) is 20.9 Å². The zero-order valence-electron chi connectivity index (χ0n) is 14.4. The number of rotatable bonds is 5. The van der Waals surface area contributed by atoms with Crippen LogP contribution in [0.25, 0.3) is 11.5 Å². The number of aromatic nitrogens is 1. The predicted octanol–water partition coefficient (Wildman–Crippen LogP) is 5.46. The SMILES string of the molecule is O=S(=O)(c1ccc(F)cc1)c1nc(-c2ccccc2)oc1Sc1ccccc1. The molecule has 0 aliphatic carbocycles. The second-order valence-electron chi connectivity index (χ2n) is 5.85. The Morgan fingerprint density at radius 3 is 2.07 bits per heavy atom. The van der Waals surface area contributed by atoms with Gasteiger partial charge in [0.25, 0.3) is 0 Å². The minimum absolute atomic E-state index is 0.0447. The Labute approximate surface area is 166 Å². The van der Waals surface area contributed by atoms with Crippen molar-refractivity contribution >= 4 is 21.6 Å². The summed E-state index contributed by atoms with van der Waals surface area (Å²) in [5, 5.41) is -0.0267. The number of oxazole rings is 1. The van der Waals surface area contributed by atoms with E-state index in [1.807, 2.05) is 48.5 Å². The van der Waals surface area contributed by atoms with Gasteiger partial charge in [-0.1, -0.05) is 36.4 Å². The molecule has 0 unspecified atom stereocenters. The van der Waals surface area contributed by atoms with Gasteiger partial charge >= 0.3 is 0 Å².